The van der Waals surface area contributed by atoms with Gasteiger partial charge in [-0.05, 0) is 57.0 Å². The first-order valence-corrected chi connectivity index (χ1v) is 11.9. The van der Waals surface area contributed by atoms with Crippen LogP contribution in [0.4, 0.5) is 0 Å². The first-order chi connectivity index (χ1) is 16.7. The van der Waals surface area contributed by atoms with Gasteiger partial charge in [0.05, 0.1) is 18.8 Å². The topological polar surface area (TPSA) is 110 Å². The Balaban J connectivity index is 1.67. The summed E-state index contributed by atoms with van der Waals surface area (Å²) in [6.45, 7) is 8.67. The van der Waals surface area contributed by atoms with Crippen molar-refractivity contribution in [1.82, 2.24) is 20.5 Å². The zero-order chi connectivity index (χ0) is 25.5. The molecular weight excluding hydrogens is 448 g/mol. The maximum absolute atomic E-state index is 12.6. The second kappa shape index (κ2) is 11.7. The summed E-state index contributed by atoms with van der Waals surface area (Å²) in [5.74, 6) is 0.823. The molecule has 3 rings (SSSR count). The van der Waals surface area contributed by atoms with Crippen LogP contribution in [0.2, 0.25) is 0 Å². The van der Waals surface area contributed by atoms with Crippen LogP contribution in [0, 0.1) is 0 Å². The number of aromatic nitrogens is 1. The van der Waals surface area contributed by atoms with Gasteiger partial charge in [0, 0.05) is 44.7 Å². The van der Waals surface area contributed by atoms with E-state index in [1.54, 1.807) is 25.0 Å². The molecule has 1 aliphatic heterocycles. The zero-order valence-electron chi connectivity index (χ0n) is 21.0. The number of methoxy groups -OCH3 is 1. The highest BCUT2D eigenvalue weighted by atomic mass is 16.5. The number of hydrogen-bond donors (Lipinski definition) is 2. The van der Waals surface area contributed by atoms with E-state index in [4.69, 9.17) is 9.47 Å². The van der Waals surface area contributed by atoms with E-state index >= 15 is 0 Å². The van der Waals surface area contributed by atoms with Crippen molar-refractivity contribution in [2.75, 3.05) is 26.7 Å². The molecule has 1 aromatic carbocycles. The number of pyridine rings is 1. The SMILES string of the molecule is CCNC(=O)c1ccc(C(=O)NC[C@H]2C[C@@H](c3ccc(OC)c(OC(C)C)c3)CN2C(C)=O)nc1. The van der Waals surface area contributed by atoms with Gasteiger partial charge in [-0.2, -0.15) is 0 Å². The highest BCUT2D eigenvalue weighted by Gasteiger charge is 2.35. The first-order valence-electron chi connectivity index (χ1n) is 11.9. The maximum Gasteiger partial charge on any atom is 0.269 e. The first kappa shape index (κ1) is 26.0. The summed E-state index contributed by atoms with van der Waals surface area (Å²) in [6.07, 6.45) is 2.09. The van der Waals surface area contributed by atoms with E-state index in [1.165, 1.54) is 12.3 Å². The molecule has 0 unspecified atom stereocenters. The largest absolute Gasteiger partial charge is 0.493 e. The standard InChI is InChI=1S/C26H34N4O5/c1-6-27-25(32)19-7-9-22(28-13-19)26(33)29-14-21-11-20(15-30(21)17(4)31)18-8-10-23(34-5)24(12-18)35-16(2)3/h7-10,12-13,16,20-21H,6,11,14-15H2,1-5H3,(H,27,32)(H,29,33)/t20-,21-/m1/s1. The van der Waals surface area contributed by atoms with Crippen LogP contribution in [-0.2, 0) is 4.79 Å². The molecule has 0 bridgehead atoms. The smallest absolute Gasteiger partial charge is 0.269 e. The molecular formula is C26H34N4O5. The summed E-state index contributed by atoms with van der Waals surface area (Å²) in [6, 6.07) is 8.80. The molecule has 35 heavy (non-hydrogen) atoms. The fraction of sp³-hybridized carbons (Fsp3) is 0.462. The van der Waals surface area contributed by atoms with Crippen LogP contribution < -0.4 is 20.1 Å². The number of likely N-dealkylation sites (tertiary alicyclic amines) is 1. The monoisotopic (exact) mass is 482 g/mol. The van der Waals surface area contributed by atoms with E-state index in [0.29, 0.717) is 43.1 Å². The van der Waals surface area contributed by atoms with E-state index < -0.39 is 0 Å². The van der Waals surface area contributed by atoms with Crippen molar-refractivity contribution in [2.45, 2.75) is 52.2 Å². The van der Waals surface area contributed by atoms with Crippen molar-refractivity contribution in [1.29, 1.82) is 0 Å². The summed E-state index contributed by atoms with van der Waals surface area (Å²) in [4.78, 5) is 42.8. The van der Waals surface area contributed by atoms with Crippen molar-refractivity contribution in [3.8, 4) is 11.5 Å². The summed E-state index contributed by atoms with van der Waals surface area (Å²) in [7, 11) is 1.61. The van der Waals surface area contributed by atoms with E-state index in [9.17, 15) is 14.4 Å². The Bertz CT molecular complexity index is 1050. The van der Waals surface area contributed by atoms with Gasteiger partial charge in [-0.1, -0.05) is 6.07 Å². The zero-order valence-corrected chi connectivity index (χ0v) is 21.0. The van der Waals surface area contributed by atoms with Crippen LogP contribution >= 0.6 is 0 Å². The molecule has 1 fully saturated rings. The van der Waals surface area contributed by atoms with E-state index in [1.807, 2.05) is 39.0 Å². The normalized spacial score (nSPS) is 17.3. The second-order valence-corrected chi connectivity index (χ2v) is 8.84. The van der Waals surface area contributed by atoms with Gasteiger partial charge in [0.25, 0.3) is 11.8 Å². The van der Waals surface area contributed by atoms with Crippen molar-refractivity contribution in [3.05, 3.63) is 53.3 Å². The maximum atomic E-state index is 12.6. The molecule has 0 spiro atoms. The fourth-order valence-electron chi connectivity index (χ4n) is 4.26. The Morgan fingerprint density at radius 1 is 1.11 bits per heavy atom. The molecule has 188 valence electrons. The number of nitrogens with one attached hydrogen (secondary N) is 2. The molecule has 1 aromatic heterocycles. The lowest BCUT2D eigenvalue weighted by Crippen LogP contribution is -2.42. The number of amides is 3. The van der Waals surface area contributed by atoms with E-state index in [-0.39, 0.29) is 41.5 Å². The minimum absolute atomic E-state index is 0.00288. The molecule has 2 aromatic rings. The lowest BCUT2D eigenvalue weighted by atomic mass is 9.96. The average Bonchev–Trinajstić information content (AvgIpc) is 3.27. The number of rotatable bonds is 9. The Kier molecular flexibility index (Phi) is 8.68. The lowest BCUT2D eigenvalue weighted by Gasteiger charge is -2.23. The van der Waals surface area contributed by atoms with Crippen LogP contribution in [0.1, 0.15) is 66.4 Å². The van der Waals surface area contributed by atoms with Crippen molar-refractivity contribution >= 4 is 17.7 Å². The number of ether oxygens (including phenoxy) is 2. The van der Waals surface area contributed by atoms with Gasteiger partial charge in [-0.3, -0.25) is 19.4 Å². The molecule has 0 aliphatic carbocycles. The molecule has 9 heteroatoms. The Morgan fingerprint density at radius 2 is 1.89 bits per heavy atom. The van der Waals surface area contributed by atoms with Crippen LogP contribution in [-0.4, -0.2) is 66.5 Å². The summed E-state index contributed by atoms with van der Waals surface area (Å²) >= 11 is 0. The van der Waals surface area contributed by atoms with Gasteiger partial charge in [-0.25, -0.2) is 0 Å². The summed E-state index contributed by atoms with van der Waals surface area (Å²) < 4.78 is 11.3. The Morgan fingerprint density at radius 3 is 2.49 bits per heavy atom. The van der Waals surface area contributed by atoms with Gasteiger partial charge in [-0.15, -0.1) is 0 Å². The number of carbonyl (C=O) groups excluding carboxylic acids is 3. The number of carbonyl (C=O) groups is 3. The number of nitrogens with zero attached hydrogens (tertiary/aromatic N) is 2. The van der Waals surface area contributed by atoms with Gasteiger partial charge < -0.3 is 25.0 Å². The number of benzene rings is 1. The van der Waals surface area contributed by atoms with Crippen LogP contribution in [0.15, 0.2) is 36.5 Å². The van der Waals surface area contributed by atoms with Gasteiger partial charge in [0.2, 0.25) is 5.91 Å². The molecule has 3 amide bonds. The van der Waals surface area contributed by atoms with Crippen molar-refractivity contribution in [3.63, 3.8) is 0 Å². The molecule has 0 saturated carbocycles. The Hall–Kier alpha value is -3.62. The molecule has 2 N–H and O–H groups in total. The fourth-order valence-corrected chi connectivity index (χ4v) is 4.26. The van der Waals surface area contributed by atoms with Crippen molar-refractivity contribution in [2.24, 2.45) is 0 Å². The van der Waals surface area contributed by atoms with Gasteiger partial charge in [0.15, 0.2) is 11.5 Å². The molecule has 1 saturated heterocycles. The number of hydrogen-bond acceptors (Lipinski definition) is 6. The highest BCUT2D eigenvalue weighted by molar-refractivity contribution is 5.96. The van der Waals surface area contributed by atoms with Crippen LogP contribution in [0.25, 0.3) is 0 Å². The molecule has 1 aliphatic rings. The van der Waals surface area contributed by atoms with Crippen molar-refractivity contribution < 1.29 is 23.9 Å². The molecule has 0 radical (unpaired) electrons. The highest BCUT2D eigenvalue weighted by Crippen LogP contribution is 2.37. The quantitative estimate of drug-likeness (QED) is 0.569. The third-order valence-corrected chi connectivity index (χ3v) is 5.93. The molecule has 2 heterocycles. The predicted octanol–water partition coefficient (Wildman–Crippen LogP) is 2.76. The lowest BCUT2D eigenvalue weighted by molar-refractivity contribution is -0.129. The van der Waals surface area contributed by atoms with Crippen LogP contribution in [0.3, 0.4) is 0 Å². The molecule has 9 nitrogen and oxygen atoms in total. The Labute approximate surface area is 206 Å². The van der Waals surface area contributed by atoms with E-state index in [0.717, 1.165) is 5.56 Å². The predicted molar refractivity (Wildman–Crippen MR) is 132 cm³/mol. The second-order valence-electron chi connectivity index (χ2n) is 8.84. The third kappa shape index (κ3) is 6.49. The average molecular weight is 483 g/mol. The minimum Gasteiger partial charge on any atom is -0.493 e. The third-order valence-electron chi connectivity index (χ3n) is 5.93. The van der Waals surface area contributed by atoms with Crippen LogP contribution in [0.5, 0.6) is 11.5 Å². The summed E-state index contributed by atoms with van der Waals surface area (Å²) in [5.41, 5.74) is 1.67. The minimum atomic E-state index is -0.350. The van der Waals surface area contributed by atoms with E-state index in [2.05, 4.69) is 15.6 Å². The summed E-state index contributed by atoms with van der Waals surface area (Å²) in [5, 5.41) is 5.58. The van der Waals surface area contributed by atoms with Gasteiger partial charge in [0.1, 0.15) is 5.69 Å². The molecule has 2 atom stereocenters. The van der Waals surface area contributed by atoms with Gasteiger partial charge >= 0.3 is 0 Å².